The van der Waals surface area contributed by atoms with E-state index in [9.17, 15) is 4.79 Å². The van der Waals surface area contributed by atoms with E-state index in [-0.39, 0.29) is 5.91 Å². The number of carbonyl (C=O) groups excluding carboxylic acids is 1. The number of nitrogens with zero attached hydrogens (tertiary/aromatic N) is 1. The summed E-state index contributed by atoms with van der Waals surface area (Å²) in [5.74, 6) is 0.736. The first-order chi connectivity index (χ1) is 11.3. The summed E-state index contributed by atoms with van der Waals surface area (Å²) >= 11 is 0. The average molecular weight is 309 g/mol. The van der Waals surface area contributed by atoms with Crippen LogP contribution in [0.3, 0.4) is 0 Å². The van der Waals surface area contributed by atoms with Gasteiger partial charge in [-0.1, -0.05) is 30.3 Å². The Morgan fingerprint density at radius 2 is 1.91 bits per heavy atom. The molecule has 0 spiro atoms. The fraction of sp³-hybridized carbons (Fsp3) is 0.211. The highest BCUT2D eigenvalue weighted by atomic mass is 16.5. The van der Waals surface area contributed by atoms with Crippen molar-refractivity contribution >= 4 is 16.7 Å². The van der Waals surface area contributed by atoms with Gasteiger partial charge in [0.25, 0.3) is 5.91 Å². The lowest BCUT2D eigenvalue weighted by Crippen LogP contribution is -2.33. The second-order valence-electron chi connectivity index (χ2n) is 5.36. The van der Waals surface area contributed by atoms with E-state index in [1.807, 2.05) is 54.6 Å². The minimum Gasteiger partial charge on any atom is -0.467 e. The first kappa shape index (κ1) is 15.3. The highest BCUT2D eigenvalue weighted by Crippen LogP contribution is 2.18. The quantitative estimate of drug-likeness (QED) is 0.697. The van der Waals surface area contributed by atoms with Gasteiger partial charge in [0.1, 0.15) is 5.76 Å². The fourth-order valence-corrected chi connectivity index (χ4v) is 2.55. The molecule has 0 aliphatic rings. The van der Waals surface area contributed by atoms with E-state index in [4.69, 9.17) is 9.15 Å². The van der Waals surface area contributed by atoms with Gasteiger partial charge in [-0.15, -0.1) is 0 Å². The number of amides is 1. The molecule has 0 atom stereocenters. The molecule has 0 radical (unpaired) electrons. The van der Waals surface area contributed by atoms with E-state index in [0.29, 0.717) is 25.3 Å². The van der Waals surface area contributed by atoms with Gasteiger partial charge < -0.3 is 14.1 Å². The van der Waals surface area contributed by atoms with Crippen molar-refractivity contribution in [3.05, 3.63) is 72.2 Å². The number of methoxy groups -OCH3 is 1. The first-order valence-corrected chi connectivity index (χ1v) is 7.57. The molecule has 118 valence electrons. The van der Waals surface area contributed by atoms with Gasteiger partial charge in [0.05, 0.1) is 19.4 Å². The Morgan fingerprint density at radius 3 is 2.65 bits per heavy atom. The van der Waals surface area contributed by atoms with Crippen LogP contribution in [0.25, 0.3) is 10.8 Å². The van der Waals surface area contributed by atoms with Crippen LogP contribution in [0.1, 0.15) is 16.1 Å². The van der Waals surface area contributed by atoms with Gasteiger partial charge in [0.2, 0.25) is 0 Å². The van der Waals surface area contributed by atoms with Crippen LogP contribution in [0.5, 0.6) is 0 Å². The fourth-order valence-electron chi connectivity index (χ4n) is 2.55. The topological polar surface area (TPSA) is 42.7 Å². The minimum atomic E-state index is -0.0239. The van der Waals surface area contributed by atoms with Gasteiger partial charge in [0, 0.05) is 19.2 Å². The molecule has 0 saturated carbocycles. The number of ether oxygens (including phenoxy) is 1. The molecule has 0 bridgehead atoms. The van der Waals surface area contributed by atoms with E-state index in [1.165, 1.54) is 0 Å². The van der Waals surface area contributed by atoms with Gasteiger partial charge in [-0.2, -0.15) is 0 Å². The van der Waals surface area contributed by atoms with Gasteiger partial charge in [-0.3, -0.25) is 4.79 Å². The zero-order valence-electron chi connectivity index (χ0n) is 13.1. The highest BCUT2D eigenvalue weighted by Gasteiger charge is 2.17. The Labute approximate surface area is 135 Å². The van der Waals surface area contributed by atoms with Crippen LogP contribution >= 0.6 is 0 Å². The zero-order chi connectivity index (χ0) is 16.1. The van der Waals surface area contributed by atoms with Crippen LogP contribution in [0.4, 0.5) is 0 Å². The van der Waals surface area contributed by atoms with E-state index >= 15 is 0 Å². The number of furan rings is 1. The molecule has 1 aromatic heterocycles. The first-order valence-electron chi connectivity index (χ1n) is 7.57. The van der Waals surface area contributed by atoms with Crippen LogP contribution in [-0.4, -0.2) is 31.1 Å². The molecular weight excluding hydrogens is 290 g/mol. The van der Waals surface area contributed by atoms with Crippen LogP contribution in [0.2, 0.25) is 0 Å². The molecule has 0 aliphatic carbocycles. The van der Waals surface area contributed by atoms with Crippen LogP contribution < -0.4 is 0 Å². The molecule has 4 nitrogen and oxygen atoms in total. The Kier molecular flexibility index (Phi) is 4.74. The summed E-state index contributed by atoms with van der Waals surface area (Å²) < 4.78 is 10.5. The molecule has 0 unspecified atom stereocenters. The number of hydrogen-bond acceptors (Lipinski definition) is 3. The monoisotopic (exact) mass is 309 g/mol. The maximum Gasteiger partial charge on any atom is 0.254 e. The third-order valence-corrected chi connectivity index (χ3v) is 3.78. The minimum absolute atomic E-state index is 0.0239. The van der Waals surface area contributed by atoms with Gasteiger partial charge >= 0.3 is 0 Å². The van der Waals surface area contributed by atoms with Crippen molar-refractivity contribution in [1.82, 2.24) is 4.90 Å². The smallest absolute Gasteiger partial charge is 0.254 e. The van der Waals surface area contributed by atoms with Gasteiger partial charge in [-0.25, -0.2) is 0 Å². The summed E-state index contributed by atoms with van der Waals surface area (Å²) in [6.45, 7) is 1.44. The Morgan fingerprint density at radius 1 is 1.09 bits per heavy atom. The molecule has 0 aliphatic heterocycles. The molecule has 2 aromatic carbocycles. The Balaban J connectivity index is 1.85. The SMILES string of the molecule is COCCN(Cc1ccco1)C(=O)c1ccc2ccccc2c1. The lowest BCUT2D eigenvalue weighted by molar-refractivity contribution is 0.0666. The molecule has 4 heteroatoms. The van der Waals surface area contributed by atoms with Crippen molar-refractivity contribution in [1.29, 1.82) is 0 Å². The van der Waals surface area contributed by atoms with E-state index in [2.05, 4.69) is 0 Å². The highest BCUT2D eigenvalue weighted by molar-refractivity contribution is 5.98. The summed E-state index contributed by atoms with van der Waals surface area (Å²) in [5, 5.41) is 2.18. The van der Waals surface area contributed by atoms with Crippen molar-refractivity contribution in [3.8, 4) is 0 Å². The maximum atomic E-state index is 12.8. The predicted octanol–water partition coefficient (Wildman–Crippen LogP) is 3.72. The predicted molar refractivity (Wildman–Crippen MR) is 89.3 cm³/mol. The van der Waals surface area contributed by atoms with Crippen molar-refractivity contribution < 1.29 is 13.9 Å². The third kappa shape index (κ3) is 3.60. The van der Waals surface area contributed by atoms with Crippen molar-refractivity contribution in [2.45, 2.75) is 6.54 Å². The molecule has 0 saturated heterocycles. The molecule has 23 heavy (non-hydrogen) atoms. The lowest BCUT2D eigenvalue weighted by Gasteiger charge is -2.21. The standard InChI is InChI=1S/C19H19NO3/c1-22-12-10-20(14-18-7-4-11-23-18)19(21)17-9-8-15-5-2-3-6-16(15)13-17/h2-9,11,13H,10,12,14H2,1H3. The van der Waals surface area contributed by atoms with Crippen LogP contribution in [-0.2, 0) is 11.3 Å². The van der Waals surface area contributed by atoms with E-state index in [0.717, 1.165) is 16.5 Å². The average Bonchev–Trinajstić information content (AvgIpc) is 3.10. The number of benzene rings is 2. The summed E-state index contributed by atoms with van der Waals surface area (Å²) in [4.78, 5) is 14.6. The molecule has 1 heterocycles. The summed E-state index contributed by atoms with van der Waals surface area (Å²) in [7, 11) is 1.63. The van der Waals surface area contributed by atoms with Crippen LogP contribution in [0.15, 0.2) is 65.3 Å². The Hall–Kier alpha value is -2.59. The number of carbonyl (C=O) groups is 1. The molecule has 1 amide bonds. The van der Waals surface area contributed by atoms with E-state index in [1.54, 1.807) is 18.3 Å². The number of fused-ring (bicyclic) bond motifs is 1. The third-order valence-electron chi connectivity index (χ3n) is 3.78. The van der Waals surface area contributed by atoms with Gasteiger partial charge in [-0.05, 0) is 35.0 Å². The normalized spacial score (nSPS) is 10.8. The van der Waals surface area contributed by atoms with Crippen molar-refractivity contribution in [3.63, 3.8) is 0 Å². The second kappa shape index (κ2) is 7.11. The molecular formula is C19H19NO3. The lowest BCUT2D eigenvalue weighted by atomic mass is 10.1. The summed E-state index contributed by atoms with van der Waals surface area (Å²) in [5.41, 5.74) is 0.673. The van der Waals surface area contributed by atoms with Crippen molar-refractivity contribution in [2.75, 3.05) is 20.3 Å². The Bertz CT molecular complexity index is 780. The molecule has 0 fully saturated rings. The van der Waals surface area contributed by atoms with Crippen molar-refractivity contribution in [2.24, 2.45) is 0 Å². The number of rotatable bonds is 6. The van der Waals surface area contributed by atoms with E-state index < -0.39 is 0 Å². The largest absolute Gasteiger partial charge is 0.467 e. The number of hydrogen-bond donors (Lipinski definition) is 0. The molecule has 3 aromatic rings. The summed E-state index contributed by atoms with van der Waals surface area (Å²) in [6.07, 6.45) is 1.62. The molecule has 3 rings (SSSR count). The molecule has 0 N–H and O–H groups in total. The van der Waals surface area contributed by atoms with Gasteiger partial charge in [0.15, 0.2) is 0 Å². The second-order valence-corrected chi connectivity index (χ2v) is 5.36. The van der Waals surface area contributed by atoms with Crippen LogP contribution in [0, 0.1) is 0 Å². The zero-order valence-corrected chi connectivity index (χ0v) is 13.1. The maximum absolute atomic E-state index is 12.8. The summed E-state index contributed by atoms with van der Waals surface area (Å²) in [6, 6.07) is 17.5.